The smallest absolute Gasteiger partial charge is 0.238 e. The molecular formula is C16H22FN3O. The molecule has 1 aliphatic carbocycles. The van der Waals surface area contributed by atoms with E-state index in [1.165, 1.54) is 37.9 Å². The molecule has 1 atom stereocenters. The Morgan fingerprint density at radius 1 is 1.33 bits per heavy atom. The maximum absolute atomic E-state index is 13.0. The van der Waals surface area contributed by atoms with E-state index in [9.17, 15) is 9.18 Å². The van der Waals surface area contributed by atoms with Crippen LogP contribution in [-0.4, -0.2) is 43.0 Å². The zero-order valence-electron chi connectivity index (χ0n) is 12.1. The lowest BCUT2D eigenvalue weighted by Gasteiger charge is -2.15. The fourth-order valence-corrected chi connectivity index (χ4v) is 2.96. The molecule has 2 aliphatic rings. The Labute approximate surface area is 124 Å². The number of carbonyl (C=O) groups excluding carboxylic acids is 1. The standard InChI is InChI=1S/C16H22FN3O/c17-13-2-1-3-14(8-13)19-16(21)10-18-9-12-6-7-20(11-12)15-4-5-15/h1-3,8,12,15,18H,4-7,9-11H2,(H,19,21). The summed E-state index contributed by atoms with van der Waals surface area (Å²) in [5, 5.41) is 5.90. The van der Waals surface area contributed by atoms with Gasteiger partial charge in [0.15, 0.2) is 0 Å². The second-order valence-corrected chi connectivity index (χ2v) is 6.07. The van der Waals surface area contributed by atoms with Crippen LogP contribution in [0.2, 0.25) is 0 Å². The summed E-state index contributed by atoms with van der Waals surface area (Å²) < 4.78 is 13.0. The SMILES string of the molecule is O=C(CNCC1CCN(C2CC2)C1)Nc1cccc(F)c1. The Hall–Kier alpha value is -1.46. The monoisotopic (exact) mass is 291 g/mol. The number of likely N-dealkylation sites (tertiary alicyclic amines) is 1. The van der Waals surface area contributed by atoms with Gasteiger partial charge in [-0.3, -0.25) is 4.79 Å². The number of rotatable bonds is 6. The third-order valence-electron chi connectivity index (χ3n) is 4.21. The first kappa shape index (κ1) is 14.5. The molecule has 5 heteroatoms. The highest BCUT2D eigenvalue weighted by Gasteiger charge is 2.33. The summed E-state index contributed by atoms with van der Waals surface area (Å²) in [6.45, 7) is 3.51. The number of carbonyl (C=O) groups is 1. The molecule has 0 spiro atoms. The fraction of sp³-hybridized carbons (Fsp3) is 0.562. The zero-order valence-corrected chi connectivity index (χ0v) is 12.1. The lowest BCUT2D eigenvalue weighted by Crippen LogP contribution is -2.33. The van der Waals surface area contributed by atoms with E-state index in [0.29, 0.717) is 11.6 Å². The van der Waals surface area contributed by atoms with Gasteiger partial charge in [0.1, 0.15) is 5.82 Å². The van der Waals surface area contributed by atoms with Crippen LogP contribution >= 0.6 is 0 Å². The van der Waals surface area contributed by atoms with Crippen molar-refractivity contribution in [3.63, 3.8) is 0 Å². The number of benzene rings is 1. The van der Waals surface area contributed by atoms with Crippen LogP contribution in [0, 0.1) is 11.7 Å². The van der Waals surface area contributed by atoms with E-state index in [-0.39, 0.29) is 18.3 Å². The molecule has 2 N–H and O–H groups in total. The van der Waals surface area contributed by atoms with Crippen molar-refractivity contribution in [1.29, 1.82) is 0 Å². The number of amides is 1. The van der Waals surface area contributed by atoms with E-state index in [4.69, 9.17) is 0 Å². The second kappa shape index (κ2) is 6.54. The largest absolute Gasteiger partial charge is 0.325 e. The number of anilines is 1. The van der Waals surface area contributed by atoms with Gasteiger partial charge in [-0.2, -0.15) is 0 Å². The van der Waals surface area contributed by atoms with E-state index >= 15 is 0 Å². The van der Waals surface area contributed by atoms with Crippen molar-refractivity contribution < 1.29 is 9.18 Å². The highest BCUT2D eigenvalue weighted by Crippen LogP contribution is 2.31. The van der Waals surface area contributed by atoms with Gasteiger partial charge in [-0.25, -0.2) is 4.39 Å². The molecule has 1 aromatic carbocycles. The summed E-state index contributed by atoms with van der Waals surface area (Å²) in [7, 11) is 0. The van der Waals surface area contributed by atoms with Gasteiger partial charge < -0.3 is 15.5 Å². The molecule has 1 heterocycles. The Kier molecular flexibility index (Phi) is 4.51. The topological polar surface area (TPSA) is 44.4 Å². The molecule has 0 radical (unpaired) electrons. The Morgan fingerprint density at radius 3 is 2.95 bits per heavy atom. The van der Waals surface area contributed by atoms with Crippen LogP contribution < -0.4 is 10.6 Å². The van der Waals surface area contributed by atoms with Gasteiger partial charge in [-0.05, 0) is 56.5 Å². The first-order chi connectivity index (χ1) is 10.2. The number of hydrogen-bond donors (Lipinski definition) is 2. The molecule has 0 aromatic heterocycles. The molecule has 1 aromatic rings. The van der Waals surface area contributed by atoms with E-state index < -0.39 is 0 Å². The molecule has 2 fully saturated rings. The van der Waals surface area contributed by atoms with Crippen molar-refractivity contribution in [3.05, 3.63) is 30.1 Å². The van der Waals surface area contributed by atoms with E-state index in [1.807, 2.05) is 0 Å². The molecule has 1 aliphatic heterocycles. The minimum absolute atomic E-state index is 0.127. The first-order valence-electron chi connectivity index (χ1n) is 7.71. The van der Waals surface area contributed by atoms with E-state index in [0.717, 1.165) is 19.1 Å². The van der Waals surface area contributed by atoms with Gasteiger partial charge in [-0.15, -0.1) is 0 Å². The van der Waals surface area contributed by atoms with Crippen LogP contribution in [0.15, 0.2) is 24.3 Å². The number of nitrogens with zero attached hydrogens (tertiary/aromatic N) is 1. The molecule has 1 amide bonds. The van der Waals surface area contributed by atoms with Crippen molar-refractivity contribution in [2.45, 2.75) is 25.3 Å². The lowest BCUT2D eigenvalue weighted by atomic mass is 10.1. The zero-order chi connectivity index (χ0) is 14.7. The van der Waals surface area contributed by atoms with Crippen LogP contribution in [0.5, 0.6) is 0 Å². The Morgan fingerprint density at radius 2 is 2.19 bits per heavy atom. The number of hydrogen-bond acceptors (Lipinski definition) is 3. The minimum atomic E-state index is -0.341. The summed E-state index contributed by atoms with van der Waals surface area (Å²) >= 11 is 0. The Balaban J connectivity index is 1.34. The van der Waals surface area contributed by atoms with Gasteiger partial charge in [0, 0.05) is 18.3 Å². The molecule has 4 nitrogen and oxygen atoms in total. The predicted octanol–water partition coefficient (Wildman–Crippen LogP) is 1.84. The third kappa shape index (κ3) is 4.25. The van der Waals surface area contributed by atoms with E-state index in [2.05, 4.69) is 15.5 Å². The fourth-order valence-electron chi connectivity index (χ4n) is 2.96. The van der Waals surface area contributed by atoms with Gasteiger partial charge >= 0.3 is 0 Å². The Bertz CT molecular complexity index is 504. The molecular weight excluding hydrogens is 269 g/mol. The van der Waals surface area contributed by atoms with Crippen molar-refractivity contribution in [3.8, 4) is 0 Å². The molecule has 3 rings (SSSR count). The maximum atomic E-state index is 13.0. The minimum Gasteiger partial charge on any atom is -0.325 e. The van der Waals surface area contributed by atoms with Gasteiger partial charge in [0.2, 0.25) is 5.91 Å². The van der Waals surface area contributed by atoms with Crippen LogP contribution in [0.4, 0.5) is 10.1 Å². The molecule has 114 valence electrons. The van der Waals surface area contributed by atoms with Crippen LogP contribution in [-0.2, 0) is 4.79 Å². The van der Waals surface area contributed by atoms with Crippen molar-refractivity contribution >= 4 is 11.6 Å². The van der Waals surface area contributed by atoms with Gasteiger partial charge in [0.05, 0.1) is 6.54 Å². The summed E-state index contributed by atoms with van der Waals surface area (Å²) in [4.78, 5) is 14.3. The normalized spacial score (nSPS) is 22.4. The molecule has 21 heavy (non-hydrogen) atoms. The maximum Gasteiger partial charge on any atom is 0.238 e. The average Bonchev–Trinajstić information content (AvgIpc) is 3.19. The average molecular weight is 291 g/mol. The summed E-state index contributed by atoms with van der Waals surface area (Å²) in [6.07, 6.45) is 3.93. The van der Waals surface area contributed by atoms with Gasteiger partial charge in [0.25, 0.3) is 0 Å². The summed E-state index contributed by atoms with van der Waals surface area (Å²) in [5.41, 5.74) is 0.502. The summed E-state index contributed by atoms with van der Waals surface area (Å²) in [6, 6.07) is 6.79. The summed E-state index contributed by atoms with van der Waals surface area (Å²) in [5.74, 6) is 0.178. The first-order valence-corrected chi connectivity index (χ1v) is 7.71. The quantitative estimate of drug-likeness (QED) is 0.840. The molecule has 1 saturated carbocycles. The van der Waals surface area contributed by atoms with Crippen LogP contribution in [0.1, 0.15) is 19.3 Å². The van der Waals surface area contributed by atoms with Crippen molar-refractivity contribution in [2.75, 3.05) is 31.5 Å². The lowest BCUT2D eigenvalue weighted by molar-refractivity contribution is -0.115. The highest BCUT2D eigenvalue weighted by atomic mass is 19.1. The van der Waals surface area contributed by atoms with Crippen LogP contribution in [0.25, 0.3) is 0 Å². The number of nitrogens with one attached hydrogen (secondary N) is 2. The highest BCUT2D eigenvalue weighted by molar-refractivity contribution is 5.92. The molecule has 1 saturated heterocycles. The number of halogens is 1. The van der Waals surface area contributed by atoms with Crippen LogP contribution in [0.3, 0.4) is 0 Å². The predicted molar refractivity (Wildman–Crippen MR) is 80.6 cm³/mol. The van der Waals surface area contributed by atoms with Crippen molar-refractivity contribution in [1.82, 2.24) is 10.2 Å². The van der Waals surface area contributed by atoms with Crippen molar-refractivity contribution in [2.24, 2.45) is 5.92 Å². The second-order valence-electron chi connectivity index (χ2n) is 6.07. The molecule has 0 bridgehead atoms. The van der Waals surface area contributed by atoms with Gasteiger partial charge in [-0.1, -0.05) is 6.07 Å². The molecule has 1 unspecified atom stereocenters. The third-order valence-corrected chi connectivity index (χ3v) is 4.21. The van der Waals surface area contributed by atoms with E-state index in [1.54, 1.807) is 12.1 Å².